The molecule has 0 bridgehead atoms. The summed E-state index contributed by atoms with van der Waals surface area (Å²) in [6.07, 6.45) is 1.86. The molecule has 2 heterocycles. The number of aromatic nitrogens is 2. The second-order valence-corrected chi connectivity index (χ2v) is 13.9. The summed E-state index contributed by atoms with van der Waals surface area (Å²) in [5.41, 5.74) is 0.0527. The summed E-state index contributed by atoms with van der Waals surface area (Å²) < 4.78 is 69.7. The Morgan fingerprint density at radius 1 is 1.19 bits per heavy atom. The van der Waals surface area contributed by atoms with Gasteiger partial charge in [0, 0.05) is 32.8 Å². The number of anilines is 1. The number of nitrogens with one attached hydrogen (secondary N) is 1. The number of hydrogen-bond acceptors (Lipinski definition) is 9. The number of aryl methyl sites for hydroxylation is 1. The average molecular weight is 622 g/mol. The number of nitrogens with zero attached hydrogens (tertiary/aromatic N) is 4. The molecule has 1 aromatic heterocycles. The van der Waals surface area contributed by atoms with Gasteiger partial charge in [0.25, 0.3) is 15.9 Å². The molecule has 2 aromatic carbocycles. The molecule has 1 aliphatic heterocycles. The second kappa shape index (κ2) is 12.3. The van der Waals surface area contributed by atoms with Crippen molar-refractivity contribution in [1.29, 1.82) is 0 Å². The number of ether oxygens (including phenoxy) is 2. The summed E-state index contributed by atoms with van der Waals surface area (Å²) in [5.74, 6) is -0.433. The first-order valence-electron chi connectivity index (χ1n) is 13.1. The van der Waals surface area contributed by atoms with Gasteiger partial charge >= 0.3 is 0 Å². The van der Waals surface area contributed by atoms with Crippen molar-refractivity contribution >= 4 is 31.6 Å². The lowest BCUT2D eigenvalue weighted by Gasteiger charge is -2.38. The van der Waals surface area contributed by atoms with Gasteiger partial charge in [-0.15, -0.1) is 0 Å². The third-order valence-electron chi connectivity index (χ3n) is 7.10. The zero-order chi connectivity index (χ0) is 30.8. The maximum atomic E-state index is 13.7. The SMILES string of the molecule is COc1ccc(S(=O)(=O)N(C)C[C@H]2Oc3c(NS(=O)(=O)c4cn(C)cn4)cccc3C(=O)N([C@H](C)CO)C[C@H]2C)cc1. The van der Waals surface area contributed by atoms with Crippen LogP contribution < -0.4 is 14.2 Å². The van der Waals surface area contributed by atoms with Gasteiger partial charge in [0.1, 0.15) is 11.9 Å². The van der Waals surface area contributed by atoms with Crippen molar-refractivity contribution in [3.05, 3.63) is 60.6 Å². The highest BCUT2D eigenvalue weighted by molar-refractivity contribution is 7.92. The smallest absolute Gasteiger partial charge is 0.281 e. The summed E-state index contributed by atoms with van der Waals surface area (Å²) in [6, 6.07) is 9.87. The molecule has 0 unspecified atom stereocenters. The number of amides is 1. The first-order chi connectivity index (χ1) is 19.8. The molecule has 13 nitrogen and oxygen atoms in total. The molecule has 15 heteroatoms. The molecule has 0 radical (unpaired) electrons. The van der Waals surface area contributed by atoms with E-state index in [0.29, 0.717) is 5.75 Å². The number of rotatable bonds is 10. The molecule has 1 amide bonds. The topological polar surface area (TPSA) is 160 Å². The second-order valence-electron chi connectivity index (χ2n) is 10.2. The molecule has 42 heavy (non-hydrogen) atoms. The lowest BCUT2D eigenvalue weighted by molar-refractivity contribution is 0.0389. The number of methoxy groups -OCH3 is 1. The van der Waals surface area contributed by atoms with Gasteiger partial charge in [-0.2, -0.15) is 12.7 Å². The molecular weight excluding hydrogens is 586 g/mol. The molecule has 2 N–H and O–H groups in total. The Morgan fingerprint density at radius 2 is 1.88 bits per heavy atom. The molecule has 4 rings (SSSR count). The molecule has 0 aliphatic carbocycles. The van der Waals surface area contributed by atoms with E-state index in [1.807, 2.05) is 0 Å². The van der Waals surface area contributed by atoms with Gasteiger partial charge in [-0.05, 0) is 43.3 Å². The highest BCUT2D eigenvalue weighted by Gasteiger charge is 2.36. The number of hydrogen-bond donors (Lipinski definition) is 2. The van der Waals surface area contributed by atoms with E-state index in [9.17, 15) is 26.7 Å². The molecule has 3 aromatic rings. The maximum Gasteiger partial charge on any atom is 0.281 e. The van der Waals surface area contributed by atoms with Gasteiger partial charge < -0.3 is 24.0 Å². The molecule has 1 aliphatic rings. The normalized spacial score (nSPS) is 18.5. The highest BCUT2D eigenvalue weighted by atomic mass is 32.2. The molecule has 3 atom stereocenters. The third kappa shape index (κ3) is 6.38. The number of sulfonamides is 2. The van der Waals surface area contributed by atoms with Crippen LogP contribution in [0.15, 0.2) is 64.9 Å². The average Bonchev–Trinajstić information content (AvgIpc) is 3.41. The Labute approximate surface area is 245 Å². The van der Waals surface area contributed by atoms with Crippen LogP contribution in [0.3, 0.4) is 0 Å². The van der Waals surface area contributed by atoms with Crippen LogP contribution >= 0.6 is 0 Å². The van der Waals surface area contributed by atoms with Crippen LogP contribution in [0.4, 0.5) is 5.69 Å². The van der Waals surface area contributed by atoms with Gasteiger partial charge in [0.05, 0.1) is 48.8 Å². The number of likely N-dealkylation sites (N-methyl/N-ethyl adjacent to an activating group) is 1. The van der Waals surface area contributed by atoms with Crippen molar-refractivity contribution in [3.63, 3.8) is 0 Å². The van der Waals surface area contributed by atoms with E-state index in [-0.39, 0.29) is 46.6 Å². The number of carbonyl (C=O) groups is 1. The Balaban J connectivity index is 1.74. The number of para-hydroxylation sites is 1. The fraction of sp³-hybridized carbons (Fsp3) is 0.407. The Hall–Kier alpha value is -3.66. The van der Waals surface area contributed by atoms with E-state index in [2.05, 4.69) is 9.71 Å². The van der Waals surface area contributed by atoms with E-state index in [1.165, 1.54) is 66.5 Å². The molecule has 0 spiro atoms. The van der Waals surface area contributed by atoms with Crippen LogP contribution in [0.25, 0.3) is 0 Å². The number of benzene rings is 2. The first-order valence-corrected chi connectivity index (χ1v) is 16.0. The number of imidazole rings is 1. The fourth-order valence-electron chi connectivity index (χ4n) is 4.55. The monoisotopic (exact) mass is 621 g/mol. The van der Waals surface area contributed by atoms with Crippen LogP contribution in [0.2, 0.25) is 0 Å². The van der Waals surface area contributed by atoms with Crippen LogP contribution in [-0.2, 0) is 27.1 Å². The predicted octanol–water partition coefficient (Wildman–Crippen LogP) is 1.77. The standard InChI is InChI=1S/C27H35N5O8S2/c1-18-13-32(19(2)16-33)27(34)22-7-6-8-23(29-41(35,36)25-15-30(3)17-28-25)26(22)40-24(18)14-31(4)42(37,38)21-11-9-20(39-5)10-12-21/h6-12,15,17-19,24,29,33H,13-14,16H2,1-5H3/t18-,19-,24-/m1/s1. The summed E-state index contributed by atoms with van der Waals surface area (Å²) in [7, 11) is -3.57. The quantitative estimate of drug-likeness (QED) is 0.344. The minimum Gasteiger partial charge on any atom is -0.497 e. The van der Waals surface area contributed by atoms with Crippen LogP contribution in [0, 0.1) is 5.92 Å². The van der Waals surface area contributed by atoms with Crippen molar-refractivity contribution in [2.45, 2.75) is 35.9 Å². The van der Waals surface area contributed by atoms with E-state index in [0.717, 1.165) is 4.31 Å². The van der Waals surface area contributed by atoms with Gasteiger partial charge in [-0.25, -0.2) is 13.4 Å². The molecule has 0 fully saturated rings. The largest absolute Gasteiger partial charge is 0.497 e. The number of carbonyl (C=O) groups excluding carboxylic acids is 1. The van der Waals surface area contributed by atoms with E-state index < -0.39 is 44.0 Å². The van der Waals surface area contributed by atoms with Crippen molar-refractivity contribution < 1.29 is 36.2 Å². The zero-order valence-electron chi connectivity index (χ0n) is 24.0. The minimum absolute atomic E-state index is 0.0112. The van der Waals surface area contributed by atoms with Crippen molar-refractivity contribution in [2.24, 2.45) is 13.0 Å². The highest BCUT2D eigenvalue weighted by Crippen LogP contribution is 2.36. The van der Waals surface area contributed by atoms with Crippen LogP contribution in [0.1, 0.15) is 24.2 Å². The zero-order valence-corrected chi connectivity index (χ0v) is 25.6. The Bertz CT molecular complexity index is 1640. The van der Waals surface area contributed by atoms with Gasteiger partial charge in [0.2, 0.25) is 10.0 Å². The fourth-order valence-corrected chi connectivity index (χ4v) is 6.77. The third-order valence-corrected chi connectivity index (χ3v) is 10.2. The van der Waals surface area contributed by atoms with E-state index >= 15 is 0 Å². The summed E-state index contributed by atoms with van der Waals surface area (Å²) in [6.45, 7) is 3.22. The van der Waals surface area contributed by atoms with Gasteiger partial charge in [0.15, 0.2) is 10.8 Å². The van der Waals surface area contributed by atoms with Gasteiger partial charge in [-0.3, -0.25) is 9.52 Å². The van der Waals surface area contributed by atoms with Crippen LogP contribution in [-0.4, -0.2) is 92.6 Å². The minimum atomic E-state index is -4.16. The number of aliphatic hydroxyl groups is 1. The molecule has 0 saturated heterocycles. The number of aliphatic hydroxyl groups excluding tert-OH is 1. The maximum absolute atomic E-state index is 13.7. The van der Waals surface area contributed by atoms with Crippen molar-refractivity contribution in [2.75, 3.05) is 38.6 Å². The summed E-state index contributed by atoms with van der Waals surface area (Å²) in [4.78, 5) is 19.1. The lowest BCUT2D eigenvalue weighted by atomic mass is 9.99. The van der Waals surface area contributed by atoms with Crippen molar-refractivity contribution in [3.8, 4) is 11.5 Å². The van der Waals surface area contributed by atoms with Crippen molar-refractivity contribution in [1.82, 2.24) is 18.8 Å². The number of fused-ring (bicyclic) bond motifs is 1. The first kappa shape index (κ1) is 31.3. The summed E-state index contributed by atoms with van der Waals surface area (Å²) >= 11 is 0. The molecule has 0 saturated carbocycles. The van der Waals surface area contributed by atoms with Gasteiger partial charge in [-0.1, -0.05) is 13.0 Å². The lowest BCUT2D eigenvalue weighted by Crippen LogP contribution is -2.50. The molecular formula is C27H35N5O8S2. The Morgan fingerprint density at radius 3 is 2.48 bits per heavy atom. The Kier molecular flexibility index (Phi) is 9.15. The summed E-state index contributed by atoms with van der Waals surface area (Å²) in [5, 5.41) is 9.66. The van der Waals surface area contributed by atoms with Crippen LogP contribution in [0.5, 0.6) is 11.5 Å². The molecule has 228 valence electrons. The van der Waals surface area contributed by atoms with E-state index in [1.54, 1.807) is 33.0 Å². The van der Waals surface area contributed by atoms with E-state index in [4.69, 9.17) is 9.47 Å². The predicted molar refractivity (Wildman–Crippen MR) is 154 cm³/mol.